The third kappa shape index (κ3) is 3.41. The first kappa shape index (κ1) is 17.9. The zero-order chi connectivity index (χ0) is 16.4. The van der Waals surface area contributed by atoms with Crippen molar-refractivity contribution in [1.29, 1.82) is 0 Å². The van der Waals surface area contributed by atoms with Crippen LogP contribution in [0.2, 0.25) is 0 Å². The maximum atomic E-state index is 9.93. The van der Waals surface area contributed by atoms with E-state index < -0.39 is 68.3 Å². The molecule has 9 atom stereocenters. The third-order valence-electron chi connectivity index (χ3n) is 3.90. The Balaban J connectivity index is 2.09. The quantitative estimate of drug-likeness (QED) is 0.266. The molecule has 2 saturated heterocycles. The Morgan fingerprint density at radius 2 is 1.45 bits per heavy atom. The first-order valence-corrected chi connectivity index (χ1v) is 6.95. The van der Waals surface area contributed by atoms with Gasteiger partial charge in [0.15, 0.2) is 6.29 Å². The number of hydrogen-bond donors (Lipinski definition) is 7. The van der Waals surface area contributed by atoms with Crippen LogP contribution in [0.4, 0.5) is 0 Å². The normalized spacial score (nSPS) is 50.0. The molecule has 0 aromatic rings. The third-order valence-corrected chi connectivity index (χ3v) is 3.90. The van der Waals surface area contributed by atoms with E-state index in [0.29, 0.717) is 0 Å². The van der Waals surface area contributed by atoms with Crippen molar-refractivity contribution in [2.45, 2.75) is 55.1 Å². The fourth-order valence-electron chi connectivity index (χ4n) is 2.51. The average molecular weight is 326 g/mol. The van der Waals surface area contributed by atoms with Crippen LogP contribution in [0.5, 0.6) is 0 Å². The van der Waals surface area contributed by atoms with E-state index >= 15 is 0 Å². The van der Waals surface area contributed by atoms with Crippen LogP contribution in [0.3, 0.4) is 0 Å². The fraction of sp³-hybridized carbons (Fsp3) is 1.00. The molecule has 2 fully saturated rings. The van der Waals surface area contributed by atoms with E-state index in [9.17, 15) is 30.6 Å². The highest BCUT2D eigenvalue weighted by molar-refractivity contribution is 4.92. The molecule has 2 aliphatic heterocycles. The van der Waals surface area contributed by atoms with Gasteiger partial charge in [0.2, 0.25) is 0 Å². The molecule has 2 heterocycles. The lowest BCUT2D eigenvalue weighted by Crippen LogP contribution is -2.63. The van der Waals surface area contributed by atoms with Crippen molar-refractivity contribution in [2.24, 2.45) is 0 Å². The van der Waals surface area contributed by atoms with Gasteiger partial charge in [-0.25, -0.2) is 0 Å². The zero-order valence-corrected chi connectivity index (χ0v) is 11.7. The van der Waals surface area contributed by atoms with Gasteiger partial charge < -0.3 is 50.0 Å². The van der Waals surface area contributed by atoms with E-state index in [4.69, 9.17) is 19.3 Å². The predicted octanol–water partition coefficient (Wildman–Crippen LogP) is -4.72. The Bertz CT molecular complexity index is 351. The lowest BCUT2D eigenvalue weighted by molar-refractivity contribution is -0.336. The van der Waals surface area contributed by atoms with E-state index in [-0.39, 0.29) is 6.61 Å². The molecule has 0 spiro atoms. The van der Waals surface area contributed by atoms with Crippen LogP contribution < -0.4 is 0 Å². The second-order valence-corrected chi connectivity index (χ2v) is 5.41. The van der Waals surface area contributed by atoms with Gasteiger partial charge in [0.25, 0.3) is 0 Å². The summed E-state index contributed by atoms with van der Waals surface area (Å²) in [6, 6.07) is 0. The van der Waals surface area contributed by atoms with Gasteiger partial charge in [0.05, 0.1) is 19.8 Å². The first-order valence-electron chi connectivity index (χ1n) is 6.95. The minimum Gasteiger partial charge on any atom is -0.394 e. The van der Waals surface area contributed by atoms with Crippen LogP contribution in [0.1, 0.15) is 0 Å². The van der Waals surface area contributed by atoms with E-state index in [0.717, 1.165) is 0 Å². The van der Waals surface area contributed by atoms with E-state index in [1.807, 2.05) is 0 Å². The summed E-state index contributed by atoms with van der Waals surface area (Å²) >= 11 is 0. The van der Waals surface area contributed by atoms with Crippen LogP contribution in [-0.2, 0) is 14.2 Å². The van der Waals surface area contributed by atoms with Crippen molar-refractivity contribution in [3.63, 3.8) is 0 Å². The minimum atomic E-state index is -1.65. The van der Waals surface area contributed by atoms with Gasteiger partial charge in [-0.2, -0.15) is 0 Å². The van der Waals surface area contributed by atoms with Gasteiger partial charge in [0, 0.05) is 0 Å². The number of rotatable bonds is 4. The molecule has 0 aromatic heterocycles. The average Bonchev–Trinajstić information content (AvgIpc) is 2.52. The minimum absolute atomic E-state index is 0.194. The largest absolute Gasteiger partial charge is 0.394 e. The summed E-state index contributed by atoms with van der Waals surface area (Å²) in [4.78, 5) is 0. The van der Waals surface area contributed by atoms with Crippen molar-refractivity contribution in [3.8, 4) is 0 Å². The van der Waals surface area contributed by atoms with Gasteiger partial charge in [-0.3, -0.25) is 0 Å². The molecule has 0 radical (unpaired) electrons. The van der Waals surface area contributed by atoms with Gasteiger partial charge in [-0.05, 0) is 0 Å². The van der Waals surface area contributed by atoms with Gasteiger partial charge >= 0.3 is 0 Å². The Morgan fingerprint density at radius 1 is 0.818 bits per heavy atom. The Morgan fingerprint density at radius 3 is 2.05 bits per heavy atom. The number of aliphatic hydroxyl groups excluding tert-OH is 7. The molecule has 10 nitrogen and oxygen atoms in total. The monoisotopic (exact) mass is 326 g/mol. The van der Waals surface area contributed by atoms with Crippen LogP contribution in [0, 0.1) is 0 Å². The van der Waals surface area contributed by atoms with Crippen molar-refractivity contribution in [2.75, 3.05) is 19.8 Å². The van der Waals surface area contributed by atoms with Crippen molar-refractivity contribution < 1.29 is 50.0 Å². The summed E-state index contributed by atoms with van der Waals surface area (Å²) in [6.45, 7) is -1.33. The Labute approximate surface area is 126 Å². The molecule has 0 saturated carbocycles. The van der Waals surface area contributed by atoms with Gasteiger partial charge in [-0.15, -0.1) is 0 Å². The van der Waals surface area contributed by atoms with Gasteiger partial charge in [-0.1, -0.05) is 0 Å². The molecule has 0 aromatic carbocycles. The summed E-state index contributed by atoms with van der Waals surface area (Å²) in [5.41, 5.74) is 0. The maximum Gasteiger partial charge on any atom is 0.187 e. The van der Waals surface area contributed by atoms with E-state index in [1.165, 1.54) is 0 Å². The molecule has 7 N–H and O–H groups in total. The topological polar surface area (TPSA) is 169 Å². The summed E-state index contributed by atoms with van der Waals surface area (Å²) in [5.74, 6) is 0. The van der Waals surface area contributed by atoms with Crippen molar-refractivity contribution >= 4 is 0 Å². The molecule has 2 rings (SSSR count). The lowest BCUT2D eigenvalue weighted by Gasteiger charge is -2.44. The highest BCUT2D eigenvalue weighted by atomic mass is 16.7. The van der Waals surface area contributed by atoms with Gasteiger partial charge in [0.1, 0.15) is 48.8 Å². The lowest BCUT2D eigenvalue weighted by atomic mass is 9.97. The van der Waals surface area contributed by atoms with Crippen molar-refractivity contribution in [1.82, 2.24) is 0 Å². The SMILES string of the molecule is OC[C@H]1O[C@H](O[C@H]2[C@H](O)[C@H](O)CO[C@@H]2CO)[C@@H](O)[C@@H](O)[C@@H]1O. The molecule has 0 bridgehead atoms. The summed E-state index contributed by atoms with van der Waals surface area (Å²) < 4.78 is 15.6. The predicted molar refractivity (Wildman–Crippen MR) is 67.5 cm³/mol. The summed E-state index contributed by atoms with van der Waals surface area (Å²) in [5, 5.41) is 67.0. The Kier molecular flexibility index (Phi) is 6.07. The van der Waals surface area contributed by atoms with Crippen LogP contribution in [-0.4, -0.2) is 111 Å². The molecular weight excluding hydrogens is 304 g/mol. The highest BCUT2D eigenvalue weighted by Crippen LogP contribution is 2.27. The van der Waals surface area contributed by atoms with Crippen molar-refractivity contribution in [3.05, 3.63) is 0 Å². The molecule has 130 valence electrons. The molecule has 10 heteroatoms. The standard InChI is InChI=1S/C12H22O10/c13-1-5-8(17)9(18)10(19)12(21-5)22-11-6(2-14)20-3-4(15)7(11)16/h4-19H,1-3H2/t4-,5-,6-,7-,8-,9+,10+,11-,12-/m1/s1. The number of hydrogen-bond acceptors (Lipinski definition) is 10. The van der Waals surface area contributed by atoms with Crippen LogP contribution in [0.15, 0.2) is 0 Å². The molecule has 22 heavy (non-hydrogen) atoms. The highest BCUT2D eigenvalue weighted by Gasteiger charge is 2.48. The van der Waals surface area contributed by atoms with Crippen LogP contribution >= 0.6 is 0 Å². The second-order valence-electron chi connectivity index (χ2n) is 5.41. The Hall–Kier alpha value is -0.400. The smallest absolute Gasteiger partial charge is 0.187 e. The molecule has 0 amide bonds. The number of ether oxygens (including phenoxy) is 3. The first-order chi connectivity index (χ1) is 10.4. The maximum absolute atomic E-state index is 9.93. The van der Waals surface area contributed by atoms with E-state index in [2.05, 4.69) is 0 Å². The molecule has 2 aliphatic rings. The number of aliphatic hydroxyl groups is 7. The van der Waals surface area contributed by atoms with Crippen LogP contribution in [0.25, 0.3) is 0 Å². The second kappa shape index (κ2) is 7.45. The molecular formula is C12H22O10. The summed E-state index contributed by atoms with van der Waals surface area (Å²) in [6.07, 6.45) is -12.3. The fourth-order valence-corrected chi connectivity index (χ4v) is 2.51. The summed E-state index contributed by atoms with van der Waals surface area (Å²) in [7, 11) is 0. The molecule has 0 unspecified atom stereocenters. The molecule has 0 aliphatic carbocycles. The van der Waals surface area contributed by atoms with E-state index in [1.54, 1.807) is 0 Å². The zero-order valence-electron chi connectivity index (χ0n) is 11.7.